The highest BCUT2D eigenvalue weighted by molar-refractivity contribution is 7.89. The summed E-state index contributed by atoms with van der Waals surface area (Å²) in [6, 6.07) is 2.97. The number of nitrogens with two attached hydrogens (primary N) is 1. The van der Waals surface area contributed by atoms with Gasteiger partial charge in [-0.25, -0.2) is 17.9 Å². The number of nitrogens with one attached hydrogen (secondary N) is 1. The van der Waals surface area contributed by atoms with E-state index in [1.54, 1.807) is 17.7 Å². The smallest absolute Gasteiger partial charge is 0.256 e. The van der Waals surface area contributed by atoms with E-state index in [2.05, 4.69) is 5.32 Å². The van der Waals surface area contributed by atoms with Crippen molar-refractivity contribution in [2.45, 2.75) is 11.8 Å². The molecule has 0 aliphatic rings. The first-order chi connectivity index (χ1) is 9.29. The predicted octanol–water partition coefficient (Wildman–Crippen LogP) is 2.10. The molecule has 0 aliphatic carbocycles. The highest BCUT2D eigenvalue weighted by Crippen LogP contribution is 2.21. The summed E-state index contributed by atoms with van der Waals surface area (Å²) in [6.07, 6.45) is 0. The fourth-order valence-corrected chi connectivity index (χ4v) is 2.93. The summed E-state index contributed by atoms with van der Waals surface area (Å²) in [4.78, 5) is 11.7. The first-order valence-electron chi connectivity index (χ1n) is 5.45. The van der Waals surface area contributed by atoms with Crippen molar-refractivity contribution in [3.05, 3.63) is 45.9 Å². The van der Waals surface area contributed by atoms with E-state index < -0.39 is 21.7 Å². The number of benzene rings is 1. The lowest BCUT2D eigenvalue weighted by Gasteiger charge is -2.08. The monoisotopic (exact) mass is 314 g/mol. The number of thiophene rings is 1. The molecule has 5 nitrogen and oxygen atoms in total. The number of carbonyl (C=O) groups is 1. The van der Waals surface area contributed by atoms with Gasteiger partial charge < -0.3 is 5.32 Å². The fourth-order valence-electron chi connectivity index (χ4n) is 1.56. The molecule has 1 aromatic carbocycles. The molecule has 0 bridgehead atoms. The molecular weight excluding hydrogens is 303 g/mol. The van der Waals surface area contributed by atoms with Gasteiger partial charge in [-0.15, -0.1) is 0 Å². The third kappa shape index (κ3) is 3.03. The average Bonchev–Trinajstić information content (AvgIpc) is 2.77. The lowest BCUT2D eigenvalue weighted by molar-refractivity contribution is 0.102. The SMILES string of the molecule is Cc1cscc1C(=O)Nc1cc(S(N)(=O)=O)ccc1F. The molecule has 0 saturated heterocycles. The van der Waals surface area contributed by atoms with Gasteiger partial charge in [0.05, 0.1) is 16.1 Å². The van der Waals surface area contributed by atoms with Gasteiger partial charge in [0, 0.05) is 5.38 Å². The van der Waals surface area contributed by atoms with Crippen molar-refractivity contribution in [3.8, 4) is 0 Å². The van der Waals surface area contributed by atoms with Crippen LogP contribution in [0, 0.1) is 12.7 Å². The lowest BCUT2D eigenvalue weighted by atomic mass is 10.2. The Hall–Kier alpha value is -1.77. The maximum atomic E-state index is 13.6. The Balaban J connectivity index is 2.34. The minimum Gasteiger partial charge on any atom is -0.319 e. The number of aryl methyl sites for hydroxylation is 1. The van der Waals surface area contributed by atoms with Crippen LogP contribution in [0.4, 0.5) is 10.1 Å². The van der Waals surface area contributed by atoms with E-state index in [9.17, 15) is 17.6 Å². The van der Waals surface area contributed by atoms with Crippen molar-refractivity contribution >= 4 is 33.0 Å². The average molecular weight is 314 g/mol. The fraction of sp³-hybridized carbons (Fsp3) is 0.0833. The molecule has 2 aromatic rings. The van der Waals surface area contributed by atoms with Crippen LogP contribution in [0.2, 0.25) is 0 Å². The van der Waals surface area contributed by atoms with Crippen LogP contribution >= 0.6 is 11.3 Å². The molecule has 8 heteroatoms. The summed E-state index contributed by atoms with van der Waals surface area (Å²) in [5.41, 5.74) is 0.943. The molecule has 2 rings (SSSR count). The van der Waals surface area contributed by atoms with Gasteiger partial charge in [-0.2, -0.15) is 11.3 Å². The van der Waals surface area contributed by atoms with Gasteiger partial charge in [0.25, 0.3) is 5.91 Å². The largest absolute Gasteiger partial charge is 0.319 e. The Morgan fingerprint density at radius 2 is 2.05 bits per heavy atom. The molecule has 1 aromatic heterocycles. The van der Waals surface area contributed by atoms with Crippen LogP contribution in [0.25, 0.3) is 0 Å². The number of rotatable bonds is 3. The first-order valence-corrected chi connectivity index (χ1v) is 7.94. The highest BCUT2D eigenvalue weighted by Gasteiger charge is 2.15. The van der Waals surface area contributed by atoms with E-state index in [0.29, 0.717) is 5.56 Å². The Kier molecular flexibility index (Phi) is 3.89. The van der Waals surface area contributed by atoms with Crippen molar-refractivity contribution in [3.63, 3.8) is 0 Å². The Labute approximate surface area is 119 Å². The zero-order valence-electron chi connectivity index (χ0n) is 10.4. The second-order valence-electron chi connectivity index (χ2n) is 4.11. The van der Waals surface area contributed by atoms with Crippen molar-refractivity contribution in [2.24, 2.45) is 5.14 Å². The van der Waals surface area contributed by atoms with Crippen LogP contribution in [0.1, 0.15) is 15.9 Å². The van der Waals surface area contributed by atoms with Crippen LogP contribution in [0.15, 0.2) is 33.9 Å². The number of carbonyl (C=O) groups excluding carboxylic acids is 1. The van der Waals surface area contributed by atoms with Gasteiger partial charge in [0.2, 0.25) is 10.0 Å². The zero-order valence-corrected chi connectivity index (χ0v) is 12.0. The summed E-state index contributed by atoms with van der Waals surface area (Å²) >= 11 is 1.35. The van der Waals surface area contributed by atoms with E-state index in [4.69, 9.17) is 5.14 Å². The molecule has 1 heterocycles. The summed E-state index contributed by atoms with van der Waals surface area (Å²) < 4.78 is 36.0. The maximum absolute atomic E-state index is 13.6. The molecule has 0 radical (unpaired) electrons. The molecule has 0 fully saturated rings. The topological polar surface area (TPSA) is 89.3 Å². The molecule has 20 heavy (non-hydrogen) atoms. The Bertz CT molecular complexity index is 769. The van der Waals surface area contributed by atoms with Crippen LogP contribution in [-0.4, -0.2) is 14.3 Å². The number of halogens is 1. The molecule has 1 amide bonds. The van der Waals surface area contributed by atoms with E-state index in [0.717, 1.165) is 23.8 Å². The molecule has 0 atom stereocenters. The second kappa shape index (κ2) is 5.31. The molecule has 0 spiro atoms. The number of hydrogen-bond donors (Lipinski definition) is 2. The minimum atomic E-state index is -3.96. The third-order valence-electron chi connectivity index (χ3n) is 2.61. The quantitative estimate of drug-likeness (QED) is 0.909. The third-order valence-corrected chi connectivity index (χ3v) is 4.39. The van der Waals surface area contributed by atoms with E-state index in [-0.39, 0.29) is 10.6 Å². The van der Waals surface area contributed by atoms with Crippen LogP contribution in [0.5, 0.6) is 0 Å². The van der Waals surface area contributed by atoms with Crippen molar-refractivity contribution in [1.29, 1.82) is 0 Å². The molecule has 0 saturated carbocycles. The Morgan fingerprint density at radius 1 is 1.35 bits per heavy atom. The number of hydrogen-bond acceptors (Lipinski definition) is 4. The van der Waals surface area contributed by atoms with E-state index in [1.165, 1.54) is 11.3 Å². The van der Waals surface area contributed by atoms with Crippen LogP contribution < -0.4 is 10.5 Å². The van der Waals surface area contributed by atoms with Gasteiger partial charge >= 0.3 is 0 Å². The number of primary sulfonamides is 1. The molecule has 106 valence electrons. The normalized spacial score (nSPS) is 11.3. The van der Waals surface area contributed by atoms with Gasteiger partial charge in [0.15, 0.2) is 0 Å². The maximum Gasteiger partial charge on any atom is 0.256 e. The summed E-state index contributed by atoms with van der Waals surface area (Å²) in [6.45, 7) is 1.75. The van der Waals surface area contributed by atoms with Crippen molar-refractivity contribution in [1.82, 2.24) is 0 Å². The van der Waals surface area contributed by atoms with Crippen molar-refractivity contribution < 1.29 is 17.6 Å². The van der Waals surface area contributed by atoms with Gasteiger partial charge in [-0.3, -0.25) is 4.79 Å². The standard InChI is InChI=1S/C12H11FN2O3S2/c1-7-5-19-6-9(7)12(16)15-11-4-8(20(14,17)18)2-3-10(11)13/h2-6H,1H3,(H,15,16)(H2,14,17,18). The summed E-state index contributed by atoms with van der Waals surface area (Å²) in [5, 5.41) is 10.7. The molecule has 0 unspecified atom stereocenters. The van der Waals surface area contributed by atoms with E-state index >= 15 is 0 Å². The molecule has 3 N–H and O–H groups in total. The van der Waals surface area contributed by atoms with Crippen LogP contribution in [-0.2, 0) is 10.0 Å². The first kappa shape index (κ1) is 14.6. The molecular formula is C12H11FN2O3S2. The lowest BCUT2D eigenvalue weighted by Crippen LogP contribution is -2.16. The second-order valence-corrected chi connectivity index (χ2v) is 6.41. The number of sulfonamides is 1. The van der Waals surface area contributed by atoms with E-state index in [1.807, 2.05) is 0 Å². The van der Waals surface area contributed by atoms with Gasteiger partial charge in [-0.05, 0) is 36.1 Å². The predicted molar refractivity (Wildman–Crippen MR) is 74.8 cm³/mol. The zero-order chi connectivity index (χ0) is 14.9. The Morgan fingerprint density at radius 3 is 2.60 bits per heavy atom. The highest BCUT2D eigenvalue weighted by atomic mass is 32.2. The summed E-state index contributed by atoms with van der Waals surface area (Å²) in [7, 11) is -3.96. The molecule has 0 aliphatic heterocycles. The van der Waals surface area contributed by atoms with Gasteiger partial charge in [0.1, 0.15) is 5.82 Å². The summed E-state index contributed by atoms with van der Waals surface area (Å²) in [5.74, 6) is -1.24. The minimum absolute atomic E-state index is 0.230. The van der Waals surface area contributed by atoms with Gasteiger partial charge in [-0.1, -0.05) is 0 Å². The number of amides is 1. The van der Waals surface area contributed by atoms with Crippen molar-refractivity contribution in [2.75, 3.05) is 5.32 Å². The number of anilines is 1. The van der Waals surface area contributed by atoms with Crippen LogP contribution in [0.3, 0.4) is 0 Å².